The highest BCUT2D eigenvalue weighted by Crippen LogP contribution is 2.30. The highest BCUT2D eigenvalue weighted by molar-refractivity contribution is 7.09. The molecule has 9 heteroatoms. The molecule has 35 heavy (non-hydrogen) atoms. The number of fused-ring (bicyclic) bond motifs is 1. The molecule has 4 aromatic rings. The molecule has 0 bridgehead atoms. The SMILES string of the molecule is O=C(NCc1cccs1)[C@@H]1CN(C(=O)c2cncc3ccccc23)CCN1c1ccc(Cl)c(Cl)c1. The average molecular weight is 525 g/mol. The first-order valence-electron chi connectivity index (χ1n) is 11.1. The summed E-state index contributed by atoms with van der Waals surface area (Å²) in [5.41, 5.74) is 1.32. The number of carbonyl (C=O) groups is 2. The van der Waals surface area contributed by atoms with Gasteiger partial charge in [-0.05, 0) is 35.0 Å². The molecule has 1 fully saturated rings. The van der Waals surface area contributed by atoms with E-state index in [1.165, 1.54) is 0 Å². The lowest BCUT2D eigenvalue weighted by molar-refractivity contribution is -0.123. The Morgan fingerprint density at radius 2 is 1.89 bits per heavy atom. The lowest BCUT2D eigenvalue weighted by Crippen LogP contribution is -2.60. The second-order valence-electron chi connectivity index (χ2n) is 8.26. The number of nitrogens with zero attached hydrogens (tertiary/aromatic N) is 3. The van der Waals surface area contributed by atoms with Crippen molar-refractivity contribution in [3.8, 4) is 0 Å². The summed E-state index contributed by atoms with van der Waals surface area (Å²) in [5, 5.41) is 7.62. The summed E-state index contributed by atoms with van der Waals surface area (Å²) >= 11 is 14.0. The monoisotopic (exact) mass is 524 g/mol. The van der Waals surface area contributed by atoms with Crippen LogP contribution in [0.25, 0.3) is 10.8 Å². The minimum Gasteiger partial charge on any atom is -0.356 e. The van der Waals surface area contributed by atoms with Gasteiger partial charge in [0.1, 0.15) is 6.04 Å². The Morgan fingerprint density at radius 1 is 1.03 bits per heavy atom. The molecule has 1 aliphatic heterocycles. The van der Waals surface area contributed by atoms with Gasteiger partial charge in [0.05, 0.1) is 28.7 Å². The van der Waals surface area contributed by atoms with Gasteiger partial charge in [-0.1, -0.05) is 53.5 Å². The highest BCUT2D eigenvalue weighted by Gasteiger charge is 2.35. The summed E-state index contributed by atoms with van der Waals surface area (Å²) in [5.74, 6) is -0.294. The summed E-state index contributed by atoms with van der Waals surface area (Å²) in [6, 6.07) is 16.3. The van der Waals surface area contributed by atoms with Gasteiger partial charge < -0.3 is 15.1 Å². The highest BCUT2D eigenvalue weighted by atomic mass is 35.5. The van der Waals surface area contributed by atoms with E-state index in [0.29, 0.717) is 35.2 Å². The number of hydrogen-bond acceptors (Lipinski definition) is 5. The van der Waals surface area contributed by atoms with Gasteiger partial charge in [-0.2, -0.15) is 0 Å². The molecule has 1 aliphatic rings. The number of thiophene rings is 1. The van der Waals surface area contributed by atoms with Crippen LogP contribution < -0.4 is 10.2 Å². The van der Waals surface area contributed by atoms with Crippen LogP contribution in [0.3, 0.4) is 0 Å². The molecule has 0 radical (unpaired) electrons. The molecule has 1 saturated heterocycles. The number of anilines is 1. The van der Waals surface area contributed by atoms with E-state index < -0.39 is 6.04 Å². The van der Waals surface area contributed by atoms with Gasteiger partial charge in [0.25, 0.3) is 5.91 Å². The van der Waals surface area contributed by atoms with Crippen molar-refractivity contribution in [3.63, 3.8) is 0 Å². The minimum absolute atomic E-state index is 0.140. The van der Waals surface area contributed by atoms with Gasteiger partial charge in [-0.3, -0.25) is 14.6 Å². The van der Waals surface area contributed by atoms with Crippen molar-refractivity contribution < 1.29 is 9.59 Å². The molecule has 2 amide bonds. The van der Waals surface area contributed by atoms with Crippen LogP contribution in [-0.4, -0.2) is 47.4 Å². The third kappa shape index (κ3) is 4.98. The maximum absolute atomic E-state index is 13.6. The largest absolute Gasteiger partial charge is 0.356 e. The van der Waals surface area contributed by atoms with Crippen molar-refractivity contribution in [2.75, 3.05) is 24.5 Å². The van der Waals surface area contributed by atoms with Crippen LogP contribution in [0, 0.1) is 0 Å². The zero-order valence-electron chi connectivity index (χ0n) is 18.7. The molecule has 2 aromatic carbocycles. The molecule has 5 rings (SSSR count). The van der Waals surface area contributed by atoms with E-state index in [0.717, 1.165) is 21.3 Å². The number of rotatable bonds is 5. The number of pyridine rings is 1. The first-order valence-corrected chi connectivity index (χ1v) is 12.8. The Morgan fingerprint density at radius 3 is 2.69 bits per heavy atom. The van der Waals surface area contributed by atoms with Crippen molar-refractivity contribution in [1.29, 1.82) is 0 Å². The zero-order chi connectivity index (χ0) is 24.4. The second kappa shape index (κ2) is 10.2. The summed E-state index contributed by atoms with van der Waals surface area (Å²) in [7, 11) is 0. The van der Waals surface area contributed by atoms with Gasteiger partial charge in [-0.25, -0.2) is 0 Å². The Balaban J connectivity index is 1.42. The standard InChI is InChI=1S/C26H22Cl2N4O2S/c27-22-8-7-18(12-23(22)28)32-10-9-31(16-24(32)25(33)30-14-19-5-3-11-35-19)26(34)21-15-29-13-17-4-1-2-6-20(17)21/h1-8,11-13,15,24H,9-10,14,16H2,(H,30,33)/t24-/m0/s1. The van der Waals surface area contributed by atoms with E-state index in [2.05, 4.69) is 10.3 Å². The van der Waals surface area contributed by atoms with E-state index in [1.807, 2.05) is 52.7 Å². The quantitative estimate of drug-likeness (QED) is 0.387. The van der Waals surface area contributed by atoms with Crippen molar-refractivity contribution in [1.82, 2.24) is 15.2 Å². The van der Waals surface area contributed by atoms with Gasteiger partial charge in [-0.15, -0.1) is 11.3 Å². The van der Waals surface area contributed by atoms with Crippen LogP contribution in [-0.2, 0) is 11.3 Å². The van der Waals surface area contributed by atoms with Gasteiger partial charge >= 0.3 is 0 Å². The zero-order valence-corrected chi connectivity index (χ0v) is 21.0. The summed E-state index contributed by atoms with van der Waals surface area (Å²) in [4.78, 5) is 36.0. The Kier molecular flexibility index (Phi) is 6.90. The maximum atomic E-state index is 13.6. The fourth-order valence-corrected chi connectivity index (χ4v) is 5.26. The van der Waals surface area contributed by atoms with Crippen LogP contribution >= 0.6 is 34.5 Å². The molecular weight excluding hydrogens is 503 g/mol. The van der Waals surface area contributed by atoms with Crippen molar-refractivity contribution in [2.45, 2.75) is 12.6 Å². The van der Waals surface area contributed by atoms with Crippen LogP contribution in [0.5, 0.6) is 0 Å². The fourth-order valence-electron chi connectivity index (χ4n) is 4.33. The number of piperazine rings is 1. The molecular formula is C26H22Cl2N4O2S. The Bertz CT molecular complexity index is 1370. The molecule has 2 aromatic heterocycles. The number of hydrogen-bond donors (Lipinski definition) is 1. The molecule has 1 atom stereocenters. The smallest absolute Gasteiger partial charge is 0.256 e. The Hall–Kier alpha value is -3.13. The van der Waals surface area contributed by atoms with Crippen LogP contribution in [0.2, 0.25) is 10.0 Å². The second-order valence-corrected chi connectivity index (χ2v) is 10.1. The summed E-state index contributed by atoms with van der Waals surface area (Å²) < 4.78 is 0. The first-order chi connectivity index (χ1) is 17.0. The predicted octanol–water partition coefficient (Wildman–Crippen LogP) is 5.25. The normalized spacial score (nSPS) is 15.9. The number of carbonyl (C=O) groups excluding carboxylic acids is 2. The van der Waals surface area contributed by atoms with E-state index >= 15 is 0 Å². The lowest BCUT2D eigenvalue weighted by Gasteiger charge is -2.42. The Labute approximate surface area is 217 Å². The molecule has 3 heterocycles. The molecule has 6 nitrogen and oxygen atoms in total. The topological polar surface area (TPSA) is 65.5 Å². The van der Waals surface area contributed by atoms with Crippen LogP contribution in [0.15, 0.2) is 72.4 Å². The van der Waals surface area contributed by atoms with Crippen molar-refractivity contribution in [2.24, 2.45) is 0 Å². The molecule has 178 valence electrons. The predicted molar refractivity (Wildman–Crippen MR) is 141 cm³/mol. The molecule has 0 aliphatic carbocycles. The van der Waals surface area contributed by atoms with Gasteiger partial charge in [0, 0.05) is 41.4 Å². The van der Waals surface area contributed by atoms with Gasteiger partial charge in [0.15, 0.2) is 0 Å². The minimum atomic E-state index is -0.590. The fraction of sp³-hybridized carbons (Fsp3) is 0.192. The third-order valence-electron chi connectivity index (χ3n) is 6.12. The van der Waals surface area contributed by atoms with Gasteiger partial charge in [0.2, 0.25) is 5.91 Å². The number of benzene rings is 2. The average Bonchev–Trinajstić information content (AvgIpc) is 3.41. The first kappa shape index (κ1) is 23.6. The van der Waals surface area contributed by atoms with Crippen molar-refractivity contribution in [3.05, 3.63) is 92.9 Å². The van der Waals surface area contributed by atoms with E-state index in [-0.39, 0.29) is 18.4 Å². The van der Waals surface area contributed by atoms with Crippen LogP contribution in [0.1, 0.15) is 15.2 Å². The summed E-state index contributed by atoms with van der Waals surface area (Å²) in [6.45, 7) is 1.60. The number of amides is 2. The van der Waals surface area contributed by atoms with E-state index in [1.54, 1.807) is 40.8 Å². The molecule has 0 saturated carbocycles. The number of aromatic nitrogens is 1. The van der Waals surface area contributed by atoms with E-state index in [9.17, 15) is 9.59 Å². The number of halogens is 2. The number of nitrogens with one attached hydrogen (secondary N) is 1. The maximum Gasteiger partial charge on any atom is 0.256 e. The lowest BCUT2D eigenvalue weighted by atomic mass is 10.0. The van der Waals surface area contributed by atoms with Crippen molar-refractivity contribution >= 4 is 62.8 Å². The molecule has 0 unspecified atom stereocenters. The van der Waals surface area contributed by atoms with Crippen LogP contribution in [0.4, 0.5) is 5.69 Å². The van der Waals surface area contributed by atoms with E-state index in [4.69, 9.17) is 23.2 Å². The molecule has 1 N–H and O–H groups in total. The third-order valence-corrected chi connectivity index (χ3v) is 7.74. The molecule has 0 spiro atoms. The summed E-state index contributed by atoms with van der Waals surface area (Å²) in [6.07, 6.45) is 3.34.